The number of rotatable bonds is 10. The van der Waals surface area contributed by atoms with E-state index in [1.165, 1.54) is 0 Å². The molecule has 168 valence electrons. The summed E-state index contributed by atoms with van der Waals surface area (Å²) >= 11 is 0. The first kappa shape index (κ1) is 22.6. The molecule has 3 aromatic carbocycles. The van der Waals surface area contributed by atoms with Crippen LogP contribution in [0.2, 0.25) is 0 Å². The molecule has 0 amide bonds. The minimum atomic E-state index is -1.03. The summed E-state index contributed by atoms with van der Waals surface area (Å²) in [6.45, 7) is 1.69. The van der Waals surface area contributed by atoms with Crippen molar-refractivity contribution in [2.45, 2.75) is 50.8 Å². The smallest absolute Gasteiger partial charge is 0.181 e. The minimum Gasteiger partial charge on any atom is -0.374 e. The van der Waals surface area contributed by atoms with Gasteiger partial charge in [-0.05, 0) is 16.7 Å². The largest absolute Gasteiger partial charge is 0.374 e. The summed E-state index contributed by atoms with van der Waals surface area (Å²) in [6, 6.07) is 29.9. The fourth-order valence-electron chi connectivity index (χ4n) is 3.75. The standard InChI is InChI=1S/C27H30O5/c28-27-25(31-19-23-14-8-3-9-15-23)16-24(30-18-22-12-6-2-7-13-22)26(32-27)20-29-17-21-10-4-1-5-11-21/h1-15,24-28H,16-20H2/t24-,25-,26-,27?/m1/s1. The monoisotopic (exact) mass is 434 g/mol. The predicted molar refractivity (Wildman–Crippen MR) is 122 cm³/mol. The van der Waals surface area contributed by atoms with E-state index in [1.807, 2.05) is 91.0 Å². The molecular formula is C27H30O5. The molecule has 0 bridgehead atoms. The second kappa shape index (κ2) is 11.9. The van der Waals surface area contributed by atoms with Gasteiger partial charge in [0.1, 0.15) is 12.2 Å². The van der Waals surface area contributed by atoms with Crippen LogP contribution in [0.15, 0.2) is 91.0 Å². The predicted octanol–water partition coefficient (Wildman–Crippen LogP) is 4.48. The number of aliphatic hydroxyl groups is 1. The van der Waals surface area contributed by atoms with E-state index < -0.39 is 12.4 Å². The molecule has 4 rings (SSSR count). The Hall–Kier alpha value is -2.54. The van der Waals surface area contributed by atoms with Gasteiger partial charge in [-0.15, -0.1) is 0 Å². The number of benzene rings is 3. The summed E-state index contributed by atoms with van der Waals surface area (Å²) in [5.74, 6) is 0. The molecule has 1 N–H and O–H groups in total. The molecule has 4 atom stereocenters. The van der Waals surface area contributed by atoms with Crippen LogP contribution >= 0.6 is 0 Å². The SMILES string of the molecule is OC1O[C@H](COCc2ccccc2)[C@H](OCc2ccccc2)C[C@H]1OCc1ccccc1. The zero-order valence-corrected chi connectivity index (χ0v) is 18.1. The van der Waals surface area contributed by atoms with Gasteiger partial charge in [0.25, 0.3) is 0 Å². The highest BCUT2D eigenvalue weighted by Gasteiger charge is 2.38. The Morgan fingerprint density at radius 3 is 1.66 bits per heavy atom. The van der Waals surface area contributed by atoms with Crippen LogP contribution in [0.25, 0.3) is 0 Å². The van der Waals surface area contributed by atoms with E-state index in [9.17, 15) is 5.11 Å². The maximum Gasteiger partial charge on any atom is 0.181 e. The van der Waals surface area contributed by atoms with Crippen molar-refractivity contribution in [2.75, 3.05) is 6.61 Å². The first-order valence-electron chi connectivity index (χ1n) is 11.0. The molecule has 1 aliphatic rings. The van der Waals surface area contributed by atoms with Crippen molar-refractivity contribution in [1.82, 2.24) is 0 Å². The van der Waals surface area contributed by atoms with E-state index in [0.29, 0.717) is 32.8 Å². The molecule has 1 unspecified atom stereocenters. The number of aliphatic hydroxyl groups excluding tert-OH is 1. The van der Waals surface area contributed by atoms with Crippen molar-refractivity contribution in [1.29, 1.82) is 0 Å². The Balaban J connectivity index is 1.36. The van der Waals surface area contributed by atoms with Crippen molar-refractivity contribution < 1.29 is 24.1 Å². The Bertz CT molecular complexity index is 903. The summed E-state index contributed by atoms with van der Waals surface area (Å²) in [6.07, 6.45) is -1.61. The lowest BCUT2D eigenvalue weighted by molar-refractivity contribution is -0.274. The van der Waals surface area contributed by atoms with Crippen LogP contribution in [-0.4, -0.2) is 36.3 Å². The third kappa shape index (κ3) is 6.73. The molecule has 0 radical (unpaired) electrons. The van der Waals surface area contributed by atoms with E-state index in [2.05, 4.69) is 0 Å². The molecule has 5 heteroatoms. The molecule has 1 heterocycles. The van der Waals surface area contributed by atoms with Crippen molar-refractivity contribution in [3.8, 4) is 0 Å². The maximum absolute atomic E-state index is 10.6. The van der Waals surface area contributed by atoms with Gasteiger partial charge >= 0.3 is 0 Å². The molecule has 3 aromatic rings. The number of ether oxygens (including phenoxy) is 4. The van der Waals surface area contributed by atoms with Crippen LogP contribution in [0, 0.1) is 0 Å². The van der Waals surface area contributed by atoms with Crippen LogP contribution < -0.4 is 0 Å². The van der Waals surface area contributed by atoms with Crippen LogP contribution in [0.5, 0.6) is 0 Å². The van der Waals surface area contributed by atoms with Gasteiger partial charge in [0, 0.05) is 6.42 Å². The summed E-state index contributed by atoms with van der Waals surface area (Å²) in [5.41, 5.74) is 3.23. The molecule has 0 aromatic heterocycles. The topological polar surface area (TPSA) is 57.2 Å². The van der Waals surface area contributed by atoms with E-state index in [0.717, 1.165) is 16.7 Å². The average Bonchev–Trinajstić information content (AvgIpc) is 2.85. The normalized spacial score (nSPS) is 23.2. The van der Waals surface area contributed by atoms with Gasteiger partial charge in [0.2, 0.25) is 0 Å². The van der Waals surface area contributed by atoms with Gasteiger partial charge in [-0.1, -0.05) is 91.0 Å². The minimum absolute atomic E-state index is 0.254. The molecule has 0 saturated carbocycles. The summed E-state index contributed by atoms with van der Waals surface area (Å²) in [7, 11) is 0. The molecule has 0 aliphatic carbocycles. The van der Waals surface area contributed by atoms with Gasteiger partial charge in [-0.25, -0.2) is 0 Å². The fourth-order valence-corrected chi connectivity index (χ4v) is 3.75. The lowest BCUT2D eigenvalue weighted by atomic mass is 10.0. The van der Waals surface area contributed by atoms with Gasteiger partial charge < -0.3 is 24.1 Å². The van der Waals surface area contributed by atoms with E-state index >= 15 is 0 Å². The van der Waals surface area contributed by atoms with Crippen LogP contribution in [-0.2, 0) is 38.8 Å². The lowest BCUT2D eigenvalue weighted by Gasteiger charge is -2.39. The fraction of sp³-hybridized carbons (Fsp3) is 0.333. The third-order valence-corrected chi connectivity index (χ3v) is 5.52. The van der Waals surface area contributed by atoms with Crippen molar-refractivity contribution in [2.24, 2.45) is 0 Å². The second-order valence-corrected chi connectivity index (χ2v) is 7.97. The summed E-state index contributed by atoms with van der Waals surface area (Å²) in [4.78, 5) is 0. The Morgan fingerprint density at radius 2 is 1.12 bits per heavy atom. The number of hydrogen-bond donors (Lipinski definition) is 1. The summed E-state index contributed by atoms with van der Waals surface area (Å²) in [5, 5.41) is 10.6. The highest BCUT2D eigenvalue weighted by Crippen LogP contribution is 2.26. The van der Waals surface area contributed by atoms with Crippen molar-refractivity contribution in [3.63, 3.8) is 0 Å². The molecule has 0 spiro atoms. The molecular weight excluding hydrogens is 404 g/mol. The van der Waals surface area contributed by atoms with Crippen molar-refractivity contribution >= 4 is 0 Å². The number of hydrogen-bond acceptors (Lipinski definition) is 5. The van der Waals surface area contributed by atoms with E-state index in [-0.39, 0.29) is 12.2 Å². The Kier molecular flexibility index (Phi) is 8.42. The first-order chi connectivity index (χ1) is 15.8. The highest BCUT2D eigenvalue weighted by atomic mass is 16.7. The zero-order valence-electron chi connectivity index (χ0n) is 18.1. The van der Waals surface area contributed by atoms with Crippen LogP contribution in [0.3, 0.4) is 0 Å². The van der Waals surface area contributed by atoms with Gasteiger partial charge in [0.05, 0.1) is 32.5 Å². The van der Waals surface area contributed by atoms with Gasteiger partial charge in [-0.2, -0.15) is 0 Å². The Labute approximate surface area is 189 Å². The maximum atomic E-state index is 10.6. The molecule has 32 heavy (non-hydrogen) atoms. The lowest BCUT2D eigenvalue weighted by Crippen LogP contribution is -2.50. The van der Waals surface area contributed by atoms with Gasteiger partial charge in [-0.3, -0.25) is 0 Å². The molecule has 1 aliphatic heterocycles. The van der Waals surface area contributed by atoms with E-state index in [1.54, 1.807) is 0 Å². The van der Waals surface area contributed by atoms with Crippen LogP contribution in [0.4, 0.5) is 0 Å². The highest BCUT2D eigenvalue weighted by molar-refractivity contribution is 5.15. The van der Waals surface area contributed by atoms with Crippen molar-refractivity contribution in [3.05, 3.63) is 108 Å². The van der Waals surface area contributed by atoms with Gasteiger partial charge in [0.15, 0.2) is 6.29 Å². The average molecular weight is 435 g/mol. The second-order valence-electron chi connectivity index (χ2n) is 7.97. The summed E-state index contributed by atoms with van der Waals surface area (Å²) < 4.78 is 24.0. The quantitative estimate of drug-likeness (QED) is 0.510. The third-order valence-electron chi connectivity index (χ3n) is 5.52. The molecule has 1 saturated heterocycles. The first-order valence-corrected chi connectivity index (χ1v) is 11.0. The zero-order chi connectivity index (χ0) is 22.0. The molecule has 1 fully saturated rings. The van der Waals surface area contributed by atoms with E-state index in [4.69, 9.17) is 18.9 Å². The Morgan fingerprint density at radius 1 is 0.656 bits per heavy atom. The molecule has 5 nitrogen and oxygen atoms in total. The van der Waals surface area contributed by atoms with Crippen LogP contribution in [0.1, 0.15) is 23.1 Å².